The first-order chi connectivity index (χ1) is 10.5. The van der Waals surface area contributed by atoms with Crippen molar-refractivity contribution in [2.75, 3.05) is 0 Å². The van der Waals surface area contributed by atoms with Gasteiger partial charge in [0.25, 0.3) is 0 Å². The summed E-state index contributed by atoms with van der Waals surface area (Å²) < 4.78 is 0. The number of carboxylic acids is 2. The summed E-state index contributed by atoms with van der Waals surface area (Å²) in [7, 11) is 0. The molecule has 0 atom stereocenters. The Kier molecular flexibility index (Phi) is 28.7. The van der Waals surface area contributed by atoms with Gasteiger partial charge in [0.2, 0.25) is 0 Å². The van der Waals surface area contributed by atoms with E-state index < -0.39 is 11.9 Å². The Hall–Kier alpha value is -0.294. The van der Waals surface area contributed by atoms with Gasteiger partial charge in [0.1, 0.15) is 0 Å². The van der Waals surface area contributed by atoms with Gasteiger partial charge < -0.3 is 19.8 Å². The molecule has 0 saturated heterocycles. The first kappa shape index (κ1) is 27.5. The molecule has 0 saturated carbocycles. The third-order valence-electron chi connectivity index (χ3n) is 3.47. The van der Waals surface area contributed by atoms with Crippen LogP contribution < -0.4 is 10.2 Å². The molecule has 0 radical (unpaired) electrons. The Balaban J connectivity index is -0.000000333. The van der Waals surface area contributed by atoms with E-state index in [4.69, 9.17) is 0 Å². The molecule has 0 bridgehead atoms. The van der Waals surface area contributed by atoms with Crippen molar-refractivity contribution in [3.05, 3.63) is 0 Å². The van der Waals surface area contributed by atoms with Crippen LogP contribution in [0.5, 0.6) is 0 Å². The van der Waals surface area contributed by atoms with E-state index in [0.717, 1.165) is 25.7 Å². The minimum Gasteiger partial charge on any atom is -0.550 e. The molecule has 0 aliphatic heterocycles. The first-order valence-corrected chi connectivity index (χ1v) is 8.94. The largest absolute Gasteiger partial charge is 2.00 e. The molecular formula is C18H34MgO4. The normalized spacial score (nSPS) is 9.48. The van der Waals surface area contributed by atoms with Crippen LogP contribution in [0, 0.1) is 0 Å². The van der Waals surface area contributed by atoms with Crippen LogP contribution >= 0.6 is 0 Å². The number of carbonyl (C=O) groups is 2. The monoisotopic (exact) mass is 338 g/mol. The summed E-state index contributed by atoms with van der Waals surface area (Å²) in [5.41, 5.74) is 0. The van der Waals surface area contributed by atoms with Crippen molar-refractivity contribution >= 4 is 35.0 Å². The molecule has 0 aliphatic carbocycles. The summed E-state index contributed by atoms with van der Waals surface area (Å²) in [4.78, 5) is 20.0. The topological polar surface area (TPSA) is 80.3 Å². The number of carbonyl (C=O) groups excluding carboxylic acids is 2. The fourth-order valence-electron chi connectivity index (χ4n) is 2.10. The van der Waals surface area contributed by atoms with E-state index >= 15 is 0 Å². The van der Waals surface area contributed by atoms with Crippen molar-refractivity contribution in [3.63, 3.8) is 0 Å². The van der Waals surface area contributed by atoms with E-state index in [1.54, 1.807) is 0 Å². The minimum absolute atomic E-state index is 0. The summed E-state index contributed by atoms with van der Waals surface area (Å²) in [5, 5.41) is 20.0. The van der Waals surface area contributed by atoms with Crippen molar-refractivity contribution < 1.29 is 19.8 Å². The second kappa shape index (κ2) is 24.0. The molecular weight excluding hydrogens is 304 g/mol. The zero-order valence-electron chi connectivity index (χ0n) is 15.2. The Labute approximate surface area is 158 Å². The molecule has 23 heavy (non-hydrogen) atoms. The molecule has 0 rings (SSSR count). The summed E-state index contributed by atoms with van der Waals surface area (Å²) in [6.07, 6.45) is 13.9. The molecule has 0 N–H and O–H groups in total. The van der Waals surface area contributed by atoms with Gasteiger partial charge in [0.15, 0.2) is 0 Å². The van der Waals surface area contributed by atoms with Gasteiger partial charge >= 0.3 is 23.1 Å². The zero-order chi connectivity index (χ0) is 17.1. The van der Waals surface area contributed by atoms with Gasteiger partial charge in [-0.15, -0.1) is 0 Å². The van der Waals surface area contributed by atoms with Crippen LogP contribution in [-0.2, 0) is 9.59 Å². The van der Waals surface area contributed by atoms with Crippen LogP contribution in [0.3, 0.4) is 0 Å². The van der Waals surface area contributed by atoms with Gasteiger partial charge in [0, 0.05) is 11.9 Å². The maximum absolute atomic E-state index is 9.98. The molecule has 0 heterocycles. The van der Waals surface area contributed by atoms with Gasteiger partial charge in [-0.3, -0.25) is 0 Å². The quantitative estimate of drug-likeness (QED) is 0.360. The van der Waals surface area contributed by atoms with E-state index in [2.05, 4.69) is 13.8 Å². The molecule has 0 unspecified atom stereocenters. The SMILES string of the molecule is CCCCCCCCC(=O)[O-].CCCCCCCCC(=O)[O-].[Mg+2]. The van der Waals surface area contributed by atoms with Crippen LogP contribution in [0.2, 0.25) is 0 Å². The van der Waals surface area contributed by atoms with Crippen molar-refractivity contribution in [2.24, 2.45) is 0 Å². The fourth-order valence-corrected chi connectivity index (χ4v) is 2.10. The molecule has 0 aromatic carbocycles. The van der Waals surface area contributed by atoms with E-state index in [1.807, 2.05) is 0 Å². The summed E-state index contributed by atoms with van der Waals surface area (Å²) in [5.74, 6) is -1.83. The van der Waals surface area contributed by atoms with Gasteiger partial charge in [-0.25, -0.2) is 0 Å². The molecule has 5 heteroatoms. The van der Waals surface area contributed by atoms with Crippen LogP contribution in [0.15, 0.2) is 0 Å². The van der Waals surface area contributed by atoms with E-state index in [-0.39, 0.29) is 35.9 Å². The third kappa shape index (κ3) is 34.2. The average molecular weight is 339 g/mol. The van der Waals surface area contributed by atoms with Crippen LogP contribution in [0.1, 0.15) is 104 Å². The molecule has 132 valence electrons. The Bertz CT molecular complexity index is 231. The Morgan fingerprint density at radius 1 is 0.565 bits per heavy atom. The van der Waals surface area contributed by atoms with Crippen molar-refractivity contribution in [1.29, 1.82) is 0 Å². The molecule has 4 nitrogen and oxygen atoms in total. The Morgan fingerprint density at radius 2 is 0.826 bits per heavy atom. The van der Waals surface area contributed by atoms with Crippen LogP contribution in [0.25, 0.3) is 0 Å². The number of hydrogen-bond donors (Lipinski definition) is 0. The number of rotatable bonds is 14. The van der Waals surface area contributed by atoms with Crippen LogP contribution in [0.4, 0.5) is 0 Å². The third-order valence-corrected chi connectivity index (χ3v) is 3.47. The minimum atomic E-state index is -0.916. The van der Waals surface area contributed by atoms with Gasteiger partial charge in [0.05, 0.1) is 0 Å². The molecule has 0 aromatic heterocycles. The molecule has 0 spiro atoms. The number of aliphatic carboxylic acids is 2. The predicted molar refractivity (Wildman–Crippen MR) is 91.8 cm³/mol. The van der Waals surface area contributed by atoms with Crippen molar-refractivity contribution in [2.45, 2.75) is 104 Å². The number of unbranched alkanes of at least 4 members (excludes halogenated alkanes) is 10. The molecule has 0 aromatic rings. The van der Waals surface area contributed by atoms with E-state index in [0.29, 0.717) is 0 Å². The molecule has 0 fully saturated rings. The summed E-state index contributed by atoms with van der Waals surface area (Å²) >= 11 is 0. The smallest absolute Gasteiger partial charge is 0.550 e. The average Bonchev–Trinajstić information content (AvgIpc) is 2.46. The zero-order valence-corrected chi connectivity index (χ0v) is 16.7. The second-order valence-corrected chi connectivity index (χ2v) is 5.78. The van der Waals surface area contributed by atoms with Crippen molar-refractivity contribution in [3.8, 4) is 0 Å². The summed E-state index contributed by atoms with van der Waals surface area (Å²) in [6.45, 7) is 4.34. The first-order valence-electron chi connectivity index (χ1n) is 8.94. The van der Waals surface area contributed by atoms with E-state index in [9.17, 15) is 19.8 Å². The van der Waals surface area contributed by atoms with Gasteiger partial charge in [-0.1, -0.05) is 78.1 Å². The maximum Gasteiger partial charge on any atom is 2.00 e. The van der Waals surface area contributed by atoms with Gasteiger partial charge in [-0.2, -0.15) is 0 Å². The molecule has 0 aliphatic rings. The summed E-state index contributed by atoms with van der Waals surface area (Å²) in [6, 6.07) is 0. The molecule has 0 amide bonds. The van der Waals surface area contributed by atoms with Gasteiger partial charge in [-0.05, 0) is 25.7 Å². The van der Waals surface area contributed by atoms with Crippen molar-refractivity contribution in [1.82, 2.24) is 0 Å². The number of hydrogen-bond acceptors (Lipinski definition) is 4. The number of carboxylic acid groups (broad SMARTS) is 2. The standard InChI is InChI=1S/2C9H18O2.Mg/c2*1-2-3-4-5-6-7-8-9(10)11;/h2*2-8H2,1H3,(H,10,11);/q;;+2/p-2. The van der Waals surface area contributed by atoms with E-state index in [1.165, 1.54) is 51.4 Å². The maximum atomic E-state index is 9.98. The fraction of sp³-hybridized carbons (Fsp3) is 0.889. The Morgan fingerprint density at radius 3 is 1.09 bits per heavy atom. The van der Waals surface area contributed by atoms with Crippen LogP contribution in [-0.4, -0.2) is 35.0 Å². The second-order valence-electron chi connectivity index (χ2n) is 5.78. The predicted octanol–water partition coefficient (Wildman–Crippen LogP) is 2.59.